The molecule has 0 radical (unpaired) electrons. The van der Waals surface area contributed by atoms with E-state index < -0.39 is 0 Å². The average molecular weight is 315 g/mol. The molecule has 1 aromatic carbocycles. The Morgan fingerprint density at radius 1 is 1.04 bits per heavy atom. The van der Waals surface area contributed by atoms with Crippen molar-refractivity contribution in [1.82, 2.24) is 4.57 Å². The molecule has 124 valence electrons. The van der Waals surface area contributed by atoms with Crippen LogP contribution in [0.4, 0.5) is 0 Å². The van der Waals surface area contributed by atoms with Gasteiger partial charge in [0.05, 0.1) is 17.7 Å². The fourth-order valence-electron chi connectivity index (χ4n) is 2.75. The Balaban J connectivity index is 1.92. The maximum Gasteiger partial charge on any atom is 0.338 e. The molecule has 1 aromatic heterocycles. The third-order valence-electron chi connectivity index (χ3n) is 4.02. The Hall–Kier alpha value is -2.10. The number of nitrogens with zero attached hydrogens (tertiary/aromatic N) is 1. The average Bonchev–Trinajstić information content (AvgIpc) is 2.98. The van der Waals surface area contributed by atoms with Crippen molar-refractivity contribution in [2.75, 3.05) is 6.61 Å². The van der Waals surface area contributed by atoms with Crippen molar-refractivity contribution in [2.45, 2.75) is 52.4 Å². The second-order valence-electron chi connectivity index (χ2n) is 5.85. The molecule has 4 nitrogen and oxygen atoms in total. The van der Waals surface area contributed by atoms with Gasteiger partial charge in [-0.3, -0.25) is 9.36 Å². The topological polar surface area (TPSA) is 48.3 Å². The molecule has 23 heavy (non-hydrogen) atoms. The predicted octanol–water partition coefficient (Wildman–Crippen LogP) is 4.82. The molecule has 0 unspecified atom stereocenters. The van der Waals surface area contributed by atoms with Gasteiger partial charge in [-0.1, -0.05) is 45.1 Å². The number of fused-ring (bicyclic) bond motifs is 1. The van der Waals surface area contributed by atoms with E-state index in [1.807, 2.05) is 6.07 Å². The summed E-state index contributed by atoms with van der Waals surface area (Å²) in [6, 6.07) is 7.15. The van der Waals surface area contributed by atoms with E-state index in [0.717, 1.165) is 23.7 Å². The fourth-order valence-corrected chi connectivity index (χ4v) is 2.75. The first-order chi connectivity index (χ1) is 11.1. The molecule has 0 N–H and O–H groups in total. The third kappa shape index (κ3) is 4.44. The van der Waals surface area contributed by atoms with E-state index in [0.29, 0.717) is 12.2 Å². The Bertz CT molecular complexity index is 672. The number of benzene rings is 1. The standard InChI is InChI=1S/C19H25NO3/c1-3-4-5-6-7-8-14-23-19(22)17-10-9-11-18-16(17)12-13-20(18)15(2)21/h9-13H,3-8,14H2,1-2H3. The number of aromatic nitrogens is 1. The normalized spacial score (nSPS) is 10.9. The molecule has 2 rings (SSSR count). The van der Waals surface area contributed by atoms with Crippen molar-refractivity contribution in [3.63, 3.8) is 0 Å². The highest BCUT2D eigenvalue weighted by atomic mass is 16.5. The molecule has 2 aromatic rings. The maximum absolute atomic E-state index is 12.3. The minimum Gasteiger partial charge on any atom is -0.462 e. The zero-order valence-electron chi connectivity index (χ0n) is 14.0. The van der Waals surface area contributed by atoms with Gasteiger partial charge in [-0.2, -0.15) is 0 Å². The first-order valence-electron chi connectivity index (χ1n) is 8.43. The van der Waals surface area contributed by atoms with Crippen molar-refractivity contribution in [1.29, 1.82) is 0 Å². The lowest BCUT2D eigenvalue weighted by Gasteiger charge is -2.07. The molecule has 0 bridgehead atoms. The second kappa shape index (κ2) is 8.51. The SMILES string of the molecule is CCCCCCCCOC(=O)c1cccc2c1ccn2C(C)=O. The number of carbonyl (C=O) groups excluding carboxylic acids is 2. The summed E-state index contributed by atoms with van der Waals surface area (Å²) in [5, 5.41) is 0.760. The first kappa shape index (κ1) is 17.3. The highest BCUT2D eigenvalue weighted by Gasteiger charge is 2.14. The van der Waals surface area contributed by atoms with Crippen LogP contribution in [0, 0.1) is 0 Å². The van der Waals surface area contributed by atoms with E-state index in [9.17, 15) is 9.59 Å². The lowest BCUT2D eigenvalue weighted by atomic mass is 10.1. The van der Waals surface area contributed by atoms with E-state index in [1.165, 1.54) is 32.6 Å². The zero-order valence-corrected chi connectivity index (χ0v) is 14.0. The Labute approximate surface area is 137 Å². The summed E-state index contributed by atoms with van der Waals surface area (Å²) in [5.74, 6) is -0.386. The van der Waals surface area contributed by atoms with Crippen LogP contribution in [0.15, 0.2) is 30.5 Å². The molecule has 4 heteroatoms. The molecule has 1 heterocycles. The van der Waals surface area contributed by atoms with Crippen LogP contribution < -0.4 is 0 Å². The maximum atomic E-state index is 12.3. The summed E-state index contributed by atoms with van der Waals surface area (Å²) in [6.07, 6.45) is 8.65. The van der Waals surface area contributed by atoms with Gasteiger partial charge in [-0.15, -0.1) is 0 Å². The molecule has 0 aliphatic rings. The predicted molar refractivity (Wildman–Crippen MR) is 91.9 cm³/mol. The van der Waals surface area contributed by atoms with Crippen LogP contribution >= 0.6 is 0 Å². The van der Waals surface area contributed by atoms with Crippen molar-refractivity contribution in [3.8, 4) is 0 Å². The Morgan fingerprint density at radius 2 is 1.78 bits per heavy atom. The number of hydrogen-bond donors (Lipinski definition) is 0. The van der Waals surface area contributed by atoms with Gasteiger partial charge in [0, 0.05) is 18.5 Å². The second-order valence-corrected chi connectivity index (χ2v) is 5.85. The van der Waals surface area contributed by atoms with Crippen LogP contribution in [0.1, 0.15) is 67.5 Å². The summed E-state index contributed by atoms with van der Waals surface area (Å²) in [6.45, 7) is 4.15. The van der Waals surface area contributed by atoms with E-state index in [-0.39, 0.29) is 11.9 Å². The monoisotopic (exact) mass is 315 g/mol. The van der Waals surface area contributed by atoms with Crippen LogP contribution in [0.5, 0.6) is 0 Å². The first-order valence-corrected chi connectivity index (χ1v) is 8.43. The molecule has 0 aliphatic heterocycles. The number of hydrogen-bond acceptors (Lipinski definition) is 3. The van der Waals surface area contributed by atoms with Crippen LogP contribution in [0.3, 0.4) is 0 Å². The van der Waals surface area contributed by atoms with Gasteiger partial charge in [-0.25, -0.2) is 4.79 Å². The molecule has 0 spiro atoms. The summed E-state index contributed by atoms with van der Waals surface area (Å²) in [4.78, 5) is 23.8. The largest absolute Gasteiger partial charge is 0.462 e. The Morgan fingerprint density at radius 3 is 2.52 bits per heavy atom. The lowest BCUT2D eigenvalue weighted by Crippen LogP contribution is -2.08. The molecular weight excluding hydrogens is 290 g/mol. The van der Waals surface area contributed by atoms with Crippen molar-refractivity contribution >= 4 is 22.8 Å². The highest BCUT2D eigenvalue weighted by Crippen LogP contribution is 2.21. The third-order valence-corrected chi connectivity index (χ3v) is 4.02. The van der Waals surface area contributed by atoms with Gasteiger partial charge in [0.2, 0.25) is 5.91 Å². The van der Waals surface area contributed by atoms with Gasteiger partial charge in [-0.05, 0) is 24.6 Å². The molecule has 0 amide bonds. The number of rotatable bonds is 8. The minimum atomic E-state index is -0.314. The van der Waals surface area contributed by atoms with Crippen LogP contribution in [-0.4, -0.2) is 23.1 Å². The molecular formula is C19H25NO3. The van der Waals surface area contributed by atoms with Crippen molar-refractivity contribution in [2.24, 2.45) is 0 Å². The van der Waals surface area contributed by atoms with E-state index >= 15 is 0 Å². The zero-order chi connectivity index (χ0) is 16.7. The summed E-state index contributed by atoms with van der Waals surface area (Å²) < 4.78 is 6.92. The number of unbranched alkanes of at least 4 members (excludes halogenated alkanes) is 5. The van der Waals surface area contributed by atoms with E-state index in [1.54, 1.807) is 29.0 Å². The highest BCUT2D eigenvalue weighted by molar-refractivity contribution is 6.05. The smallest absolute Gasteiger partial charge is 0.338 e. The van der Waals surface area contributed by atoms with Gasteiger partial charge < -0.3 is 4.74 Å². The molecule has 0 aliphatic carbocycles. The van der Waals surface area contributed by atoms with Gasteiger partial charge >= 0.3 is 5.97 Å². The van der Waals surface area contributed by atoms with E-state index in [4.69, 9.17) is 4.74 Å². The number of esters is 1. The summed E-state index contributed by atoms with van der Waals surface area (Å²) in [5.41, 5.74) is 1.26. The van der Waals surface area contributed by atoms with Crippen molar-refractivity contribution < 1.29 is 14.3 Å². The van der Waals surface area contributed by atoms with Gasteiger partial charge in [0.15, 0.2) is 0 Å². The van der Waals surface area contributed by atoms with Crippen molar-refractivity contribution in [3.05, 3.63) is 36.0 Å². The summed E-state index contributed by atoms with van der Waals surface area (Å²) >= 11 is 0. The van der Waals surface area contributed by atoms with Crippen LogP contribution in [-0.2, 0) is 4.74 Å². The lowest BCUT2D eigenvalue weighted by molar-refractivity contribution is 0.0500. The van der Waals surface area contributed by atoms with Gasteiger partial charge in [0.25, 0.3) is 0 Å². The minimum absolute atomic E-state index is 0.0717. The van der Waals surface area contributed by atoms with Gasteiger partial charge in [0.1, 0.15) is 0 Å². The summed E-state index contributed by atoms with van der Waals surface area (Å²) in [7, 11) is 0. The number of ether oxygens (including phenoxy) is 1. The quantitative estimate of drug-likeness (QED) is 0.518. The molecule has 0 saturated carbocycles. The van der Waals surface area contributed by atoms with Crippen LogP contribution in [0.2, 0.25) is 0 Å². The molecule has 0 atom stereocenters. The molecule has 0 fully saturated rings. The number of carbonyl (C=O) groups is 2. The van der Waals surface area contributed by atoms with Crippen LogP contribution in [0.25, 0.3) is 10.9 Å². The van der Waals surface area contributed by atoms with E-state index in [2.05, 4.69) is 6.92 Å². The fraction of sp³-hybridized carbons (Fsp3) is 0.474. The molecule has 0 saturated heterocycles. The Kier molecular flexibility index (Phi) is 6.39.